The number of halogens is 2. The number of ether oxygens (including phenoxy) is 1. The highest BCUT2D eigenvalue weighted by Gasteiger charge is 2.29. The fraction of sp³-hybridized carbons (Fsp3) is 0.462. The number of nitrogens with one attached hydrogen (secondary N) is 1. The third kappa shape index (κ3) is 2.82. The average molecular weight is 287 g/mol. The van der Waals surface area contributed by atoms with Crippen LogP contribution in [0.4, 0.5) is 9.18 Å². The number of amides is 1. The van der Waals surface area contributed by atoms with Crippen LogP contribution >= 0.6 is 12.4 Å². The van der Waals surface area contributed by atoms with Crippen LogP contribution in [0, 0.1) is 5.82 Å². The van der Waals surface area contributed by atoms with E-state index in [0.717, 1.165) is 18.5 Å². The van der Waals surface area contributed by atoms with E-state index in [-0.39, 0.29) is 30.4 Å². The monoisotopic (exact) mass is 286 g/mol. The van der Waals surface area contributed by atoms with Crippen molar-refractivity contribution in [3.05, 3.63) is 35.1 Å². The molecule has 1 aromatic rings. The molecule has 4 nitrogen and oxygen atoms in total. The molecule has 1 saturated heterocycles. The Morgan fingerprint density at radius 2 is 2.26 bits per heavy atom. The summed E-state index contributed by atoms with van der Waals surface area (Å²) in [6.07, 6.45) is 0.450. The topological polar surface area (TPSA) is 41.6 Å². The molecule has 3 rings (SSSR count). The first kappa shape index (κ1) is 14.1. The van der Waals surface area contributed by atoms with E-state index < -0.39 is 0 Å². The van der Waals surface area contributed by atoms with Crippen LogP contribution in [0.1, 0.15) is 17.5 Å². The van der Waals surface area contributed by atoms with Gasteiger partial charge in [-0.05, 0) is 24.6 Å². The van der Waals surface area contributed by atoms with Gasteiger partial charge in [-0.1, -0.05) is 12.1 Å². The molecule has 1 amide bonds. The molecule has 0 saturated carbocycles. The first-order valence-electron chi connectivity index (χ1n) is 6.16. The SMILES string of the molecule is Cl.O=C(OC1CCNC1)N1Cc2cccc(F)c2C1. The fourth-order valence-corrected chi connectivity index (χ4v) is 2.46. The lowest BCUT2D eigenvalue weighted by Gasteiger charge is -2.18. The van der Waals surface area contributed by atoms with Gasteiger partial charge in [0.1, 0.15) is 11.9 Å². The molecular formula is C13H16ClFN2O2. The third-order valence-corrected chi connectivity index (χ3v) is 3.47. The van der Waals surface area contributed by atoms with Gasteiger partial charge in [0.25, 0.3) is 0 Å². The summed E-state index contributed by atoms with van der Waals surface area (Å²) in [6.45, 7) is 2.33. The number of hydrogen-bond donors (Lipinski definition) is 1. The second-order valence-electron chi connectivity index (χ2n) is 4.73. The van der Waals surface area contributed by atoms with Crippen molar-refractivity contribution in [1.29, 1.82) is 0 Å². The zero-order chi connectivity index (χ0) is 12.5. The number of fused-ring (bicyclic) bond motifs is 1. The lowest BCUT2D eigenvalue weighted by molar-refractivity contribution is 0.0694. The number of carbonyl (C=O) groups excluding carboxylic acids is 1. The Hall–Kier alpha value is -1.33. The molecule has 2 aliphatic rings. The molecule has 0 aliphatic carbocycles. The van der Waals surface area contributed by atoms with Crippen molar-refractivity contribution in [2.45, 2.75) is 25.6 Å². The third-order valence-electron chi connectivity index (χ3n) is 3.47. The molecule has 1 N–H and O–H groups in total. The van der Waals surface area contributed by atoms with Gasteiger partial charge in [0.2, 0.25) is 0 Å². The zero-order valence-electron chi connectivity index (χ0n) is 10.4. The molecule has 0 spiro atoms. The van der Waals surface area contributed by atoms with E-state index in [4.69, 9.17) is 4.74 Å². The van der Waals surface area contributed by atoms with Crippen molar-refractivity contribution in [1.82, 2.24) is 10.2 Å². The van der Waals surface area contributed by atoms with Crippen molar-refractivity contribution in [3.8, 4) is 0 Å². The van der Waals surface area contributed by atoms with Gasteiger partial charge in [-0.3, -0.25) is 4.90 Å². The van der Waals surface area contributed by atoms with E-state index in [1.165, 1.54) is 6.07 Å². The Balaban J connectivity index is 0.00000133. The summed E-state index contributed by atoms with van der Waals surface area (Å²) in [6, 6.07) is 4.95. The Morgan fingerprint density at radius 3 is 2.95 bits per heavy atom. The molecule has 0 radical (unpaired) electrons. The zero-order valence-corrected chi connectivity index (χ0v) is 11.2. The number of benzene rings is 1. The van der Waals surface area contributed by atoms with Crippen molar-refractivity contribution in [2.75, 3.05) is 13.1 Å². The van der Waals surface area contributed by atoms with Crippen LogP contribution in [0.3, 0.4) is 0 Å². The number of hydrogen-bond acceptors (Lipinski definition) is 3. The Labute approximate surface area is 117 Å². The molecule has 1 unspecified atom stereocenters. The minimum Gasteiger partial charge on any atom is -0.445 e. The largest absolute Gasteiger partial charge is 0.445 e. The van der Waals surface area contributed by atoms with Crippen LogP contribution in [0.25, 0.3) is 0 Å². The highest BCUT2D eigenvalue weighted by Crippen LogP contribution is 2.25. The molecule has 6 heteroatoms. The predicted molar refractivity (Wildman–Crippen MR) is 70.7 cm³/mol. The van der Waals surface area contributed by atoms with E-state index in [1.54, 1.807) is 11.0 Å². The predicted octanol–water partition coefficient (Wildman–Crippen LogP) is 2.06. The molecule has 1 atom stereocenters. The second kappa shape index (κ2) is 5.75. The van der Waals surface area contributed by atoms with E-state index in [2.05, 4.69) is 5.32 Å². The molecule has 0 bridgehead atoms. The van der Waals surface area contributed by atoms with Gasteiger partial charge in [0.15, 0.2) is 0 Å². The van der Waals surface area contributed by atoms with Crippen LogP contribution in [0.5, 0.6) is 0 Å². The molecule has 1 fully saturated rings. The molecule has 104 valence electrons. The van der Waals surface area contributed by atoms with Crippen molar-refractivity contribution in [3.63, 3.8) is 0 Å². The molecule has 0 aromatic heterocycles. The van der Waals surface area contributed by atoms with Crippen molar-refractivity contribution in [2.24, 2.45) is 0 Å². The highest BCUT2D eigenvalue weighted by atomic mass is 35.5. The Morgan fingerprint density at radius 1 is 1.42 bits per heavy atom. The molecule has 1 aromatic carbocycles. The molecule has 19 heavy (non-hydrogen) atoms. The van der Waals surface area contributed by atoms with Crippen molar-refractivity contribution >= 4 is 18.5 Å². The van der Waals surface area contributed by atoms with Gasteiger partial charge >= 0.3 is 6.09 Å². The molecule has 2 heterocycles. The van der Waals surface area contributed by atoms with Gasteiger partial charge in [0.05, 0.1) is 6.54 Å². The summed E-state index contributed by atoms with van der Waals surface area (Å²) >= 11 is 0. The maximum Gasteiger partial charge on any atom is 0.410 e. The van der Waals surface area contributed by atoms with Gasteiger partial charge in [-0.2, -0.15) is 0 Å². The summed E-state index contributed by atoms with van der Waals surface area (Å²) in [5.41, 5.74) is 1.48. The van der Waals surface area contributed by atoms with Crippen LogP contribution in [0.2, 0.25) is 0 Å². The van der Waals surface area contributed by atoms with E-state index in [9.17, 15) is 9.18 Å². The van der Waals surface area contributed by atoms with Crippen LogP contribution in [-0.4, -0.2) is 30.2 Å². The number of carbonyl (C=O) groups is 1. The maximum absolute atomic E-state index is 13.5. The van der Waals surface area contributed by atoms with Gasteiger partial charge in [-0.15, -0.1) is 12.4 Å². The summed E-state index contributed by atoms with van der Waals surface area (Å²) in [7, 11) is 0. The Bertz CT molecular complexity index is 478. The van der Waals surface area contributed by atoms with Gasteiger partial charge < -0.3 is 10.1 Å². The van der Waals surface area contributed by atoms with Crippen LogP contribution in [-0.2, 0) is 17.8 Å². The fourth-order valence-electron chi connectivity index (χ4n) is 2.46. The maximum atomic E-state index is 13.5. The van der Waals surface area contributed by atoms with Crippen molar-refractivity contribution < 1.29 is 13.9 Å². The first-order valence-corrected chi connectivity index (χ1v) is 6.16. The number of nitrogens with zero attached hydrogens (tertiary/aromatic N) is 1. The summed E-state index contributed by atoms with van der Waals surface area (Å²) < 4.78 is 18.9. The quantitative estimate of drug-likeness (QED) is 0.859. The Kier molecular flexibility index (Phi) is 4.27. The number of rotatable bonds is 1. The molecular weight excluding hydrogens is 271 g/mol. The van der Waals surface area contributed by atoms with Gasteiger partial charge in [-0.25, -0.2) is 9.18 Å². The lowest BCUT2D eigenvalue weighted by atomic mass is 10.1. The smallest absolute Gasteiger partial charge is 0.410 e. The standard InChI is InChI=1S/C13H15FN2O2.ClH/c14-12-3-1-2-9-7-16(8-11(9)12)13(17)18-10-4-5-15-6-10;/h1-3,10,15H,4-8H2;1H. The average Bonchev–Trinajstić information content (AvgIpc) is 2.97. The summed E-state index contributed by atoms with van der Waals surface area (Å²) in [5, 5.41) is 3.14. The van der Waals surface area contributed by atoms with E-state index >= 15 is 0 Å². The van der Waals surface area contributed by atoms with Crippen LogP contribution < -0.4 is 5.32 Å². The van der Waals surface area contributed by atoms with Gasteiger partial charge in [0, 0.05) is 18.7 Å². The minimum atomic E-state index is -0.348. The van der Waals surface area contributed by atoms with Crippen LogP contribution in [0.15, 0.2) is 18.2 Å². The highest BCUT2D eigenvalue weighted by molar-refractivity contribution is 5.85. The second-order valence-corrected chi connectivity index (χ2v) is 4.73. The van der Waals surface area contributed by atoms with E-state index in [0.29, 0.717) is 25.2 Å². The first-order chi connectivity index (χ1) is 8.74. The minimum absolute atomic E-state index is 0. The summed E-state index contributed by atoms with van der Waals surface area (Å²) in [5.74, 6) is -0.245. The summed E-state index contributed by atoms with van der Waals surface area (Å²) in [4.78, 5) is 13.5. The normalized spacial score (nSPS) is 20.9. The van der Waals surface area contributed by atoms with E-state index in [1.807, 2.05) is 6.07 Å². The lowest BCUT2D eigenvalue weighted by Crippen LogP contribution is -2.31. The molecule has 2 aliphatic heterocycles.